The van der Waals surface area contributed by atoms with Crippen molar-refractivity contribution in [1.29, 1.82) is 0 Å². The van der Waals surface area contributed by atoms with Crippen molar-refractivity contribution in [2.24, 2.45) is 0 Å². The largest absolute Gasteiger partial charge is 0.332 e. The van der Waals surface area contributed by atoms with Crippen LogP contribution in [-0.4, -0.2) is 13.8 Å². The van der Waals surface area contributed by atoms with Crippen molar-refractivity contribution in [2.45, 2.75) is 65.7 Å². The van der Waals surface area contributed by atoms with Gasteiger partial charge in [0.2, 0.25) is 0 Å². The maximum Gasteiger partial charge on any atom is 0.131 e. The normalized spacial score (nSPS) is 20.1. The van der Waals surface area contributed by atoms with Crippen LogP contribution in [0.3, 0.4) is 0 Å². The van der Waals surface area contributed by atoms with E-state index in [2.05, 4.69) is 90.0 Å². The van der Waals surface area contributed by atoms with E-state index < -0.39 is 8.24 Å². The molecule has 0 aliphatic heterocycles. The van der Waals surface area contributed by atoms with E-state index >= 15 is 0 Å². The molecule has 120 valence electrons. The molecule has 0 fully saturated rings. The molecule has 0 aromatic heterocycles. The highest BCUT2D eigenvalue weighted by Gasteiger charge is 2.42. The first-order valence-electron chi connectivity index (χ1n) is 8.28. The second kappa shape index (κ2) is 5.82. The first-order chi connectivity index (χ1) is 10.0. The minimum absolute atomic E-state index is 0.155. The number of allylic oxidation sites excluding steroid dienone is 4. The molecule has 2 rings (SSSR count). The summed E-state index contributed by atoms with van der Waals surface area (Å²) in [5.74, 6) is 0. The van der Waals surface area contributed by atoms with Gasteiger partial charge >= 0.3 is 0 Å². The molecule has 1 aromatic rings. The van der Waals surface area contributed by atoms with E-state index in [1.165, 1.54) is 16.7 Å². The first kappa shape index (κ1) is 17.2. The topological polar surface area (TPSA) is 12.0 Å². The van der Waals surface area contributed by atoms with Crippen LogP contribution < -0.4 is 4.98 Å². The third-order valence-corrected chi connectivity index (χ3v) is 8.34. The van der Waals surface area contributed by atoms with Gasteiger partial charge in [0.15, 0.2) is 0 Å². The van der Waals surface area contributed by atoms with E-state index in [0.29, 0.717) is 5.54 Å². The van der Waals surface area contributed by atoms with E-state index in [9.17, 15) is 0 Å². The molecule has 1 aromatic carbocycles. The molecule has 0 heterocycles. The van der Waals surface area contributed by atoms with Crippen molar-refractivity contribution in [2.75, 3.05) is 0 Å². The Hall–Kier alpha value is -1.12. The Morgan fingerprint density at radius 2 is 1.45 bits per heavy atom. The third kappa shape index (κ3) is 3.28. The van der Waals surface area contributed by atoms with Crippen LogP contribution in [0.25, 0.3) is 5.57 Å². The van der Waals surface area contributed by atoms with Gasteiger partial charge in [-0.3, -0.25) is 0 Å². The van der Waals surface area contributed by atoms with Crippen molar-refractivity contribution >= 4 is 13.8 Å². The van der Waals surface area contributed by atoms with Gasteiger partial charge in [-0.15, -0.1) is 0 Å². The first-order valence-corrected chi connectivity index (χ1v) is 11.4. The molecule has 0 bridgehead atoms. The van der Waals surface area contributed by atoms with Crippen LogP contribution >= 0.6 is 0 Å². The molecule has 1 aliphatic carbocycles. The second-order valence-electron chi connectivity index (χ2n) is 8.24. The SMILES string of the molecule is CC1=C(C)C([Si](C)(C)NC(C)(C)C)C(c2ccccc2)=C1C. The molecule has 1 N–H and O–H groups in total. The molecular weight excluding hydrogens is 282 g/mol. The van der Waals surface area contributed by atoms with Crippen LogP contribution in [-0.2, 0) is 0 Å². The van der Waals surface area contributed by atoms with Gasteiger partial charge in [0.25, 0.3) is 0 Å². The fourth-order valence-corrected chi connectivity index (χ4v) is 8.57. The molecule has 2 heteroatoms. The number of hydrogen-bond donors (Lipinski definition) is 1. The summed E-state index contributed by atoms with van der Waals surface area (Å²) >= 11 is 0. The van der Waals surface area contributed by atoms with Gasteiger partial charge < -0.3 is 4.98 Å². The van der Waals surface area contributed by atoms with Gasteiger partial charge in [-0.05, 0) is 63.8 Å². The summed E-state index contributed by atoms with van der Waals surface area (Å²) in [6.45, 7) is 18.7. The van der Waals surface area contributed by atoms with E-state index in [-0.39, 0.29) is 5.54 Å². The molecule has 0 radical (unpaired) electrons. The molecule has 1 atom stereocenters. The van der Waals surface area contributed by atoms with E-state index in [4.69, 9.17) is 0 Å². The van der Waals surface area contributed by atoms with Crippen molar-refractivity contribution < 1.29 is 0 Å². The molecule has 1 nitrogen and oxygen atoms in total. The Balaban J connectivity index is 2.53. The van der Waals surface area contributed by atoms with E-state index in [0.717, 1.165) is 0 Å². The molecule has 0 saturated carbocycles. The van der Waals surface area contributed by atoms with Crippen LogP contribution in [0.2, 0.25) is 18.6 Å². The molecule has 22 heavy (non-hydrogen) atoms. The average Bonchev–Trinajstić information content (AvgIpc) is 2.62. The maximum absolute atomic E-state index is 3.98. The maximum atomic E-state index is 3.98. The van der Waals surface area contributed by atoms with Crippen molar-refractivity contribution in [3.05, 3.63) is 52.6 Å². The lowest BCUT2D eigenvalue weighted by Gasteiger charge is -2.40. The highest BCUT2D eigenvalue weighted by atomic mass is 28.3. The zero-order chi connectivity index (χ0) is 16.7. The Kier molecular flexibility index (Phi) is 4.56. The van der Waals surface area contributed by atoms with Crippen molar-refractivity contribution in [1.82, 2.24) is 4.98 Å². The molecule has 0 amide bonds. The molecular formula is C20H31NSi. The van der Waals surface area contributed by atoms with Crippen molar-refractivity contribution in [3.8, 4) is 0 Å². The zero-order valence-electron chi connectivity index (χ0n) is 15.5. The Bertz CT molecular complexity index is 615. The number of nitrogens with one attached hydrogen (secondary N) is 1. The van der Waals surface area contributed by atoms with Crippen LogP contribution in [0.4, 0.5) is 0 Å². The fraction of sp³-hybridized carbons (Fsp3) is 0.500. The smallest absolute Gasteiger partial charge is 0.131 e. The summed E-state index contributed by atoms with van der Waals surface area (Å²) in [6.07, 6.45) is 0. The third-order valence-electron chi connectivity index (χ3n) is 4.78. The monoisotopic (exact) mass is 313 g/mol. The van der Waals surface area contributed by atoms with E-state index in [1.54, 1.807) is 11.1 Å². The lowest BCUT2D eigenvalue weighted by Crippen LogP contribution is -2.57. The summed E-state index contributed by atoms with van der Waals surface area (Å²) < 4.78 is 0. The summed E-state index contributed by atoms with van der Waals surface area (Å²) in [6, 6.07) is 10.9. The van der Waals surface area contributed by atoms with Gasteiger partial charge in [-0.2, -0.15) is 0 Å². The van der Waals surface area contributed by atoms with Crippen molar-refractivity contribution in [3.63, 3.8) is 0 Å². The van der Waals surface area contributed by atoms with Gasteiger partial charge in [-0.25, -0.2) is 0 Å². The fourth-order valence-electron chi connectivity index (χ4n) is 4.09. The van der Waals surface area contributed by atoms with Crippen LogP contribution in [0.1, 0.15) is 47.1 Å². The highest BCUT2D eigenvalue weighted by molar-refractivity contribution is 6.79. The van der Waals surface area contributed by atoms with Crippen LogP contribution in [0, 0.1) is 0 Å². The van der Waals surface area contributed by atoms with Gasteiger partial charge in [0, 0.05) is 11.1 Å². The molecule has 0 spiro atoms. The zero-order valence-corrected chi connectivity index (χ0v) is 16.5. The molecule has 0 saturated heterocycles. The summed E-state index contributed by atoms with van der Waals surface area (Å²) in [4.78, 5) is 3.98. The summed E-state index contributed by atoms with van der Waals surface area (Å²) in [5.41, 5.74) is 8.16. The molecule has 1 aliphatic rings. The summed E-state index contributed by atoms with van der Waals surface area (Å²) in [5, 5.41) is 0. The average molecular weight is 314 g/mol. The Morgan fingerprint density at radius 1 is 0.909 bits per heavy atom. The number of rotatable bonds is 3. The van der Waals surface area contributed by atoms with Crippen LogP contribution in [0.15, 0.2) is 47.1 Å². The Morgan fingerprint density at radius 3 is 1.95 bits per heavy atom. The van der Waals surface area contributed by atoms with Crippen LogP contribution in [0.5, 0.6) is 0 Å². The standard InChI is InChI=1S/C20H31NSi/c1-14-15(2)18(17-12-10-9-11-13-17)19(16(14)3)22(7,8)21-20(4,5)6/h9-13,19,21H,1-8H3. The van der Waals surface area contributed by atoms with Gasteiger partial charge in [-0.1, -0.05) is 49.0 Å². The predicted octanol–water partition coefficient (Wildman–Crippen LogP) is 5.77. The lowest BCUT2D eigenvalue weighted by atomic mass is 10.00. The lowest BCUT2D eigenvalue weighted by molar-refractivity contribution is 0.510. The predicted molar refractivity (Wildman–Crippen MR) is 102 cm³/mol. The minimum atomic E-state index is -1.66. The van der Waals surface area contributed by atoms with Gasteiger partial charge in [0.1, 0.15) is 8.24 Å². The number of benzene rings is 1. The Labute approximate surface area is 137 Å². The quantitative estimate of drug-likeness (QED) is 0.698. The van der Waals surface area contributed by atoms with Gasteiger partial charge in [0.05, 0.1) is 0 Å². The summed E-state index contributed by atoms with van der Waals surface area (Å²) in [7, 11) is -1.66. The highest BCUT2D eigenvalue weighted by Crippen LogP contribution is 2.50. The second-order valence-corrected chi connectivity index (χ2v) is 12.5. The number of hydrogen-bond acceptors (Lipinski definition) is 1. The minimum Gasteiger partial charge on any atom is -0.332 e. The van der Waals surface area contributed by atoms with E-state index in [1.807, 2.05) is 0 Å². The molecule has 1 unspecified atom stereocenters.